The second-order valence-electron chi connectivity index (χ2n) is 7.31. The molecule has 9 nitrogen and oxygen atoms in total. The Balaban J connectivity index is 1.62. The third kappa shape index (κ3) is 4.78. The SMILES string of the molecule is Cc1c(Cl)cccc1-n1c(SCC(=O)Nc2cccc([N+](=O)[O-])c2C)nnc1-c1ccncc1. The van der Waals surface area contributed by atoms with Crippen LogP contribution in [0.3, 0.4) is 0 Å². The van der Waals surface area contributed by atoms with Gasteiger partial charge in [0.1, 0.15) is 0 Å². The molecule has 2 aromatic heterocycles. The first-order valence-electron chi connectivity index (χ1n) is 10.1. The van der Waals surface area contributed by atoms with Crippen LogP contribution in [0, 0.1) is 24.0 Å². The van der Waals surface area contributed by atoms with Crippen LogP contribution in [0.2, 0.25) is 5.02 Å². The second kappa shape index (κ2) is 10.0. The van der Waals surface area contributed by atoms with Crippen LogP contribution in [-0.4, -0.2) is 36.3 Å². The van der Waals surface area contributed by atoms with E-state index in [9.17, 15) is 14.9 Å². The largest absolute Gasteiger partial charge is 0.325 e. The fourth-order valence-electron chi connectivity index (χ4n) is 3.38. The summed E-state index contributed by atoms with van der Waals surface area (Å²) < 4.78 is 1.85. The Bertz CT molecular complexity index is 1380. The molecule has 0 fully saturated rings. The molecule has 0 bridgehead atoms. The third-order valence-electron chi connectivity index (χ3n) is 5.16. The molecule has 1 N–H and O–H groups in total. The Labute approximate surface area is 204 Å². The molecule has 4 aromatic rings. The number of amides is 1. The van der Waals surface area contributed by atoms with Crippen molar-refractivity contribution in [1.29, 1.82) is 0 Å². The normalized spacial score (nSPS) is 10.8. The summed E-state index contributed by atoms with van der Waals surface area (Å²) in [5, 5.41) is 23.7. The molecule has 0 radical (unpaired) electrons. The minimum atomic E-state index is -0.476. The number of nitro benzene ring substituents is 1. The van der Waals surface area contributed by atoms with Crippen molar-refractivity contribution in [3.05, 3.63) is 87.2 Å². The van der Waals surface area contributed by atoms with Gasteiger partial charge in [0.2, 0.25) is 5.91 Å². The minimum Gasteiger partial charge on any atom is -0.325 e. The number of pyridine rings is 1. The Morgan fingerprint density at radius 3 is 2.56 bits per heavy atom. The highest BCUT2D eigenvalue weighted by Crippen LogP contribution is 2.32. The number of carbonyl (C=O) groups excluding carboxylic acids is 1. The molecule has 0 atom stereocenters. The second-order valence-corrected chi connectivity index (χ2v) is 8.65. The number of anilines is 1. The van der Waals surface area contributed by atoms with Crippen molar-refractivity contribution in [2.75, 3.05) is 11.1 Å². The highest BCUT2D eigenvalue weighted by Gasteiger charge is 2.20. The summed E-state index contributed by atoms with van der Waals surface area (Å²) in [7, 11) is 0. The Hall–Kier alpha value is -3.76. The number of nitro groups is 1. The standard InChI is InChI=1S/C23H19ClN6O3S/c1-14-17(24)5-3-7-19(14)29-22(16-9-11-25-12-10-16)27-28-23(29)34-13-21(31)26-18-6-4-8-20(15(18)2)30(32)33/h3-12H,13H2,1-2H3,(H,26,31). The van der Waals surface area contributed by atoms with Gasteiger partial charge in [0.05, 0.1) is 27.6 Å². The Morgan fingerprint density at radius 1 is 1.09 bits per heavy atom. The highest BCUT2D eigenvalue weighted by molar-refractivity contribution is 7.99. The third-order valence-corrected chi connectivity index (χ3v) is 6.50. The quantitative estimate of drug-likeness (QED) is 0.212. The molecule has 0 saturated carbocycles. The van der Waals surface area contributed by atoms with E-state index in [0.29, 0.717) is 27.3 Å². The summed E-state index contributed by atoms with van der Waals surface area (Å²) in [4.78, 5) is 27.4. The minimum absolute atomic E-state index is 0.0240. The van der Waals surface area contributed by atoms with Crippen molar-refractivity contribution in [2.45, 2.75) is 19.0 Å². The van der Waals surface area contributed by atoms with Gasteiger partial charge in [-0.15, -0.1) is 10.2 Å². The van der Waals surface area contributed by atoms with Gasteiger partial charge in [0.15, 0.2) is 11.0 Å². The molecule has 0 aliphatic heterocycles. The van der Waals surface area contributed by atoms with E-state index in [1.54, 1.807) is 31.5 Å². The van der Waals surface area contributed by atoms with Crippen molar-refractivity contribution in [1.82, 2.24) is 19.7 Å². The van der Waals surface area contributed by atoms with E-state index >= 15 is 0 Å². The lowest BCUT2D eigenvalue weighted by Crippen LogP contribution is -2.15. The van der Waals surface area contributed by atoms with Gasteiger partial charge >= 0.3 is 0 Å². The van der Waals surface area contributed by atoms with Gasteiger partial charge in [-0.2, -0.15) is 0 Å². The van der Waals surface area contributed by atoms with Gasteiger partial charge in [-0.25, -0.2) is 0 Å². The number of aromatic nitrogens is 4. The van der Waals surface area contributed by atoms with E-state index in [4.69, 9.17) is 11.6 Å². The van der Waals surface area contributed by atoms with E-state index in [-0.39, 0.29) is 17.3 Å². The molecule has 0 aliphatic carbocycles. The van der Waals surface area contributed by atoms with Crippen LogP contribution >= 0.6 is 23.4 Å². The molecule has 2 aromatic carbocycles. The smallest absolute Gasteiger partial charge is 0.274 e. The maximum absolute atomic E-state index is 12.7. The number of carbonyl (C=O) groups is 1. The lowest BCUT2D eigenvalue weighted by Gasteiger charge is -2.14. The van der Waals surface area contributed by atoms with Crippen molar-refractivity contribution in [3.63, 3.8) is 0 Å². The number of benzene rings is 2. The number of hydrogen-bond donors (Lipinski definition) is 1. The monoisotopic (exact) mass is 494 g/mol. The number of thioether (sulfide) groups is 1. The molecule has 2 heterocycles. The molecule has 0 spiro atoms. The molecule has 11 heteroatoms. The zero-order valence-corrected chi connectivity index (χ0v) is 19.8. The summed E-state index contributed by atoms with van der Waals surface area (Å²) >= 11 is 7.57. The molecule has 172 valence electrons. The lowest BCUT2D eigenvalue weighted by molar-refractivity contribution is -0.385. The first-order valence-corrected chi connectivity index (χ1v) is 11.5. The number of nitrogens with one attached hydrogen (secondary N) is 1. The average molecular weight is 495 g/mol. The van der Waals surface area contributed by atoms with E-state index in [2.05, 4.69) is 20.5 Å². The van der Waals surface area contributed by atoms with E-state index in [1.807, 2.05) is 35.8 Å². The van der Waals surface area contributed by atoms with E-state index in [1.165, 1.54) is 23.9 Å². The van der Waals surface area contributed by atoms with Gasteiger partial charge in [-0.05, 0) is 49.7 Å². The first-order chi connectivity index (χ1) is 16.4. The van der Waals surface area contributed by atoms with Crippen LogP contribution in [0.5, 0.6) is 0 Å². The zero-order chi connectivity index (χ0) is 24.2. The number of halogens is 1. The zero-order valence-electron chi connectivity index (χ0n) is 18.2. The van der Waals surface area contributed by atoms with E-state index < -0.39 is 4.92 Å². The highest BCUT2D eigenvalue weighted by atomic mass is 35.5. The molecular formula is C23H19ClN6O3S. The molecule has 0 saturated heterocycles. The van der Waals surface area contributed by atoms with Crippen LogP contribution < -0.4 is 5.32 Å². The van der Waals surface area contributed by atoms with Crippen LogP contribution in [0.15, 0.2) is 66.1 Å². The van der Waals surface area contributed by atoms with Gasteiger partial charge in [-0.3, -0.25) is 24.5 Å². The molecule has 34 heavy (non-hydrogen) atoms. The van der Waals surface area contributed by atoms with Crippen LogP contribution in [0.4, 0.5) is 11.4 Å². The van der Waals surface area contributed by atoms with Crippen molar-refractivity contribution in [2.24, 2.45) is 0 Å². The Kier molecular flexibility index (Phi) is 6.90. The molecule has 0 aliphatic rings. The summed E-state index contributed by atoms with van der Waals surface area (Å²) in [6, 6.07) is 13.8. The molecule has 1 amide bonds. The van der Waals surface area contributed by atoms with Gasteiger partial charge < -0.3 is 5.32 Å². The van der Waals surface area contributed by atoms with Crippen molar-refractivity contribution >= 4 is 40.6 Å². The summed E-state index contributed by atoms with van der Waals surface area (Å²) in [6.07, 6.45) is 3.33. The molecule has 4 rings (SSSR count). The number of rotatable bonds is 7. The van der Waals surface area contributed by atoms with Crippen molar-refractivity contribution in [3.8, 4) is 17.1 Å². The lowest BCUT2D eigenvalue weighted by atomic mass is 10.1. The maximum Gasteiger partial charge on any atom is 0.274 e. The van der Waals surface area contributed by atoms with Crippen molar-refractivity contribution < 1.29 is 9.72 Å². The number of nitrogens with zero attached hydrogens (tertiary/aromatic N) is 5. The fourth-order valence-corrected chi connectivity index (χ4v) is 4.29. The van der Waals surface area contributed by atoms with Crippen LogP contribution in [0.1, 0.15) is 11.1 Å². The first kappa shape index (κ1) is 23.4. The number of hydrogen-bond acceptors (Lipinski definition) is 7. The maximum atomic E-state index is 12.7. The van der Waals surface area contributed by atoms with Crippen LogP contribution in [-0.2, 0) is 4.79 Å². The summed E-state index contributed by atoms with van der Waals surface area (Å²) in [6.45, 7) is 3.50. The van der Waals surface area contributed by atoms with Gasteiger partial charge in [0, 0.05) is 29.0 Å². The fraction of sp³-hybridized carbons (Fsp3) is 0.130. The Morgan fingerprint density at radius 2 is 1.82 bits per heavy atom. The van der Waals surface area contributed by atoms with Crippen LogP contribution in [0.25, 0.3) is 17.1 Å². The predicted molar refractivity (Wildman–Crippen MR) is 132 cm³/mol. The van der Waals surface area contributed by atoms with Gasteiger partial charge in [-0.1, -0.05) is 35.5 Å². The molecular weight excluding hydrogens is 476 g/mol. The molecule has 0 unspecified atom stereocenters. The summed E-state index contributed by atoms with van der Waals surface area (Å²) in [5.74, 6) is 0.289. The van der Waals surface area contributed by atoms with Gasteiger partial charge in [0.25, 0.3) is 5.69 Å². The predicted octanol–water partition coefficient (Wildman–Crippen LogP) is 5.24. The van der Waals surface area contributed by atoms with E-state index in [0.717, 1.165) is 16.8 Å². The average Bonchev–Trinajstić information content (AvgIpc) is 3.25. The summed E-state index contributed by atoms with van der Waals surface area (Å²) in [5.41, 5.74) is 3.18. The topological polar surface area (TPSA) is 116 Å².